The second-order valence-corrected chi connectivity index (χ2v) is 7.43. The molecule has 1 aromatic heterocycles. The summed E-state index contributed by atoms with van der Waals surface area (Å²) in [7, 11) is 1.73. The van der Waals surface area contributed by atoms with Gasteiger partial charge in [0.15, 0.2) is 11.5 Å². The van der Waals surface area contributed by atoms with Gasteiger partial charge in [0.2, 0.25) is 0 Å². The first-order valence-corrected chi connectivity index (χ1v) is 9.56. The molecule has 1 N–H and O–H groups in total. The third-order valence-electron chi connectivity index (χ3n) is 5.67. The van der Waals surface area contributed by atoms with Gasteiger partial charge in [0.25, 0.3) is 0 Å². The number of H-pyrrole nitrogens is 1. The Bertz CT molecular complexity index is 800. The number of methoxy groups -OCH3 is 1. The molecule has 0 amide bonds. The Labute approximate surface area is 153 Å². The first-order valence-electron chi connectivity index (χ1n) is 9.56. The fourth-order valence-corrected chi connectivity index (χ4v) is 4.23. The Morgan fingerprint density at radius 1 is 1.23 bits per heavy atom. The van der Waals surface area contributed by atoms with Crippen LogP contribution in [0.3, 0.4) is 0 Å². The molecule has 0 spiro atoms. The van der Waals surface area contributed by atoms with Gasteiger partial charge in [0, 0.05) is 43.3 Å². The van der Waals surface area contributed by atoms with Gasteiger partial charge in [-0.25, -0.2) is 4.98 Å². The molecule has 26 heavy (non-hydrogen) atoms. The van der Waals surface area contributed by atoms with Crippen LogP contribution in [0, 0.1) is 5.92 Å². The van der Waals surface area contributed by atoms with E-state index in [9.17, 15) is 0 Å². The van der Waals surface area contributed by atoms with E-state index in [1.165, 1.54) is 24.2 Å². The number of aromatic nitrogens is 2. The highest BCUT2D eigenvalue weighted by atomic mass is 16.5. The smallest absolute Gasteiger partial charge is 0.164 e. The number of rotatable bonds is 4. The van der Waals surface area contributed by atoms with E-state index in [2.05, 4.69) is 20.9 Å². The van der Waals surface area contributed by atoms with Crippen molar-refractivity contribution in [2.24, 2.45) is 5.92 Å². The first kappa shape index (κ1) is 16.0. The highest BCUT2D eigenvalue weighted by molar-refractivity contribution is 5.51. The van der Waals surface area contributed by atoms with Crippen molar-refractivity contribution in [3.05, 3.63) is 35.4 Å². The molecular weight excluding hydrogens is 330 g/mol. The molecular formula is C20H25N3O3. The lowest BCUT2D eigenvalue weighted by atomic mass is 9.97. The number of hydrogen-bond donors (Lipinski definition) is 1. The van der Waals surface area contributed by atoms with Gasteiger partial charge in [-0.1, -0.05) is 0 Å². The Morgan fingerprint density at radius 2 is 2.04 bits per heavy atom. The maximum atomic E-state index is 5.89. The molecule has 6 heteroatoms. The molecule has 1 fully saturated rings. The van der Waals surface area contributed by atoms with Crippen molar-refractivity contribution < 1.29 is 14.2 Å². The molecule has 0 saturated heterocycles. The molecule has 1 saturated carbocycles. The fourth-order valence-electron chi connectivity index (χ4n) is 4.23. The minimum Gasteiger partial charge on any atom is -0.496 e. The monoisotopic (exact) mass is 355 g/mol. The summed E-state index contributed by atoms with van der Waals surface area (Å²) in [6.07, 6.45) is 6.37. The van der Waals surface area contributed by atoms with Crippen molar-refractivity contribution in [3.8, 4) is 17.2 Å². The quantitative estimate of drug-likeness (QED) is 0.913. The predicted octanol–water partition coefficient (Wildman–Crippen LogP) is 3.09. The Morgan fingerprint density at radius 3 is 2.81 bits per heavy atom. The number of nitrogens with zero attached hydrogens (tertiary/aromatic N) is 2. The predicted molar refractivity (Wildman–Crippen MR) is 96.8 cm³/mol. The number of aromatic amines is 1. The molecule has 1 atom stereocenters. The normalized spacial score (nSPS) is 22.6. The van der Waals surface area contributed by atoms with E-state index in [-0.39, 0.29) is 0 Å². The highest BCUT2D eigenvalue weighted by Crippen LogP contribution is 2.47. The van der Waals surface area contributed by atoms with Crippen LogP contribution in [0.2, 0.25) is 0 Å². The van der Waals surface area contributed by atoms with Gasteiger partial charge >= 0.3 is 0 Å². The maximum absolute atomic E-state index is 5.89. The van der Waals surface area contributed by atoms with Crippen LogP contribution >= 0.6 is 0 Å². The molecule has 1 aliphatic carbocycles. The highest BCUT2D eigenvalue weighted by Gasteiger charge is 2.41. The van der Waals surface area contributed by atoms with Gasteiger partial charge in [-0.3, -0.25) is 4.90 Å². The summed E-state index contributed by atoms with van der Waals surface area (Å²) < 4.78 is 17.4. The second kappa shape index (κ2) is 6.50. The van der Waals surface area contributed by atoms with Crippen molar-refractivity contribution in [1.29, 1.82) is 0 Å². The van der Waals surface area contributed by atoms with Crippen LogP contribution < -0.4 is 14.2 Å². The van der Waals surface area contributed by atoms with Gasteiger partial charge in [-0.2, -0.15) is 0 Å². The lowest BCUT2D eigenvalue weighted by Gasteiger charge is -2.35. The lowest BCUT2D eigenvalue weighted by Crippen LogP contribution is -2.36. The summed E-state index contributed by atoms with van der Waals surface area (Å²) in [6.45, 7) is 3.26. The van der Waals surface area contributed by atoms with Crippen LogP contribution in [0.25, 0.3) is 0 Å². The fraction of sp³-hybridized carbons (Fsp3) is 0.550. The van der Waals surface area contributed by atoms with E-state index in [1.54, 1.807) is 7.11 Å². The number of nitrogens with one attached hydrogen (secondary N) is 1. The van der Waals surface area contributed by atoms with Crippen molar-refractivity contribution in [2.75, 3.05) is 26.9 Å². The molecule has 0 radical (unpaired) electrons. The van der Waals surface area contributed by atoms with Gasteiger partial charge in [0.05, 0.1) is 38.4 Å². The molecule has 5 rings (SSSR count). The molecule has 6 nitrogen and oxygen atoms in total. The SMILES string of the molecule is COc1cc2c(cc1CN1CCc3[nH]cnc3C1C1CC1)OCCCO2. The molecule has 1 unspecified atom stereocenters. The standard InChI is InChI=1S/C20H25N3O3/c1-24-16-10-18-17(25-7-2-8-26-18)9-14(16)11-23-6-5-15-19(22-12-21-15)20(23)13-3-4-13/h9-10,12-13,20H,2-8,11H2,1H3,(H,21,22). The summed E-state index contributed by atoms with van der Waals surface area (Å²) in [6, 6.07) is 4.49. The van der Waals surface area contributed by atoms with E-state index < -0.39 is 0 Å². The van der Waals surface area contributed by atoms with Gasteiger partial charge in [0.1, 0.15) is 5.75 Å². The van der Waals surface area contributed by atoms with Crippen molar-refractivity contribution in [1.82, 2.24) is 14.9 Å². The average Bonchev–Trinajstić information content (AvgIpc) is 3.42. The summed E-state index contributed by atoms with van der Waals surface area (Å²) >= 11 is 0. The zero-order valence-electron chi connectivity index (χ0n) is 15.2. The Balaban J connectivity index is 1.46. The van der Waals surface area contributed by atoms with E-state index in [0.717, 1.165) is 54.7 Å². The first-order chi connectivity index (χ1) is 12.8. The van der Waals surface area contributed by atoms with Gasteiger partial charge in [-0.15, -0.1) is 0 Å². The van der Waals surface area contributed by atoms with Gasteiger partial charge < -0.3 is 19.2 Å². The number of imidazole rings is 1. The topological polar surface area (TPSA) is 59.6 Å². The molecule has 2 aromatic rings. The zero-order chi connectivity index (χ0) is 17.5. The summed E-state index contributed by atoms with van der Waals surface area (Å²) in [5, 5.41) is 0. The maximum Gasteiger partial charge on any atom is 0.164 e. The Hall–Kier alpha value is -2.21. The number of benzene rings is 1. The van der Waals surface area contributed by atoms with Crippen molar-refractivity contribution in [2.45, 2.75) is 38.3 Å². The third-order valence-corrected chi connectivity index (χ3v) is 5.67. The van der Waals surface area contributed by atoms with Crippen molar-refractivity contribution >= 4 is 0 Å². The van der Waals surface area contributed by atoms with E-state index in [4.69, 9.17) is 14.2 Å². The number of hydrogen-bond acceptors (Lipinski definition) is 5. The van der Waals surface area contributed by atoms with Crippen molar-refractivity contribution in [3.63, 3.8) is 0 Å². The second-order valence-electron chi connectivity index (χ2n) is 7.43. The minimum atomic E-state index is 0.408. The number of fused-ring (bicyclic) bond motifs is 2. The summed E-state index contributed by atoms with van der Waals surface area (Å²) in [4.78, 5) is 10.5. The summed E-state index contributed by atoms with van der Waals surface area (Å²) in [5.74, 6) is 3.22. The van der Waals surface area contributed by atoms with Crippen LogP contribution in [-0.2, 0) is 13.0 Å². The van der Waals surface area contributed by atoms with Crippen LogP contribution in [0.5, 0.6) is 17.2 Å². The van der Waals surface area contributed by atoms with Crippen LogP contribution in [0.15, 0.2) is 18.5 Å². The van der Waals surface area contributed by atoms with E-state index in [0.29, 0.717) is 19.3 Å². The largest absolute Gasteiger partial charge is 0.496 e. The zero-order valence-corrected chi connectivity index (χ0v) is 15.2. The van der Waals surface area contributed by atoms with E-state index >= 15 is 0 Å². The van der Waals surface area contributed by atoms with Gasteiger partial charge in [-0.05, 0) is 24.8 Å². The molecule has 3 aliphatic rings. The molecule has 2 aliphatic heterocycles. The minimum absolute atomic E-state index is 0.408. The van der Waals surface area contributed by atoms with E-state index in [1.807, 2.05) is 12.4 Å². The summed E-state index contributed by atoms with van der Waals surface area (Å²) in [5.41, 5.74) is 3.71. The number of ether oxygens (including phenoxy) is 3. The lowest BCUT2D eigenvalue weighted by molar-refractivity contribution is 0.150. The van der Waals surface area contributed by atoms with Crippen LogP contribution in [0.1, 0.15) is 42.3 Å². The molecule has 1 aromatic carbocycles. The molecule has 3 heterocycles. The molecule has 0 bridgehead atoms. The van der Waals surface area contributed by atoms with Crippen LogP contribution in [-0.4, -0.2) is 41.7 Å². The van der Waals surface area contributed by atoms with Crippen LogP contribution in [0.4, 0.5) is 0 Å². The molecule has 138 valence electrons. The Kier molecular flexibility index (Phi) is 4.00. The average molecular weight is 355 g/mol. The third kappa shape index (κ3) is 2.82.